The number of hydrogen-bond acceptors (Lipinski definition) is 4. The Balaban J connectivity index is 2.60. The van der Waals surface area contributed by atoms with Gasteiger partial charge in [-0.15, -0.1) is 11.3 Å². The Hall–Kier alpha value is -1.01. The van der Waals surface area contributed by atoms with Crippen molar-refractivity contribution in [3.63, 3.8) is 0 Å². The molecule has 0 aliphatic rings. The van der Waals surface area contributed by atoms with Gasteiger partial charge in [-0.05, 0) is 39.4 Å². The Labute approximate surface area is 110 Å². The second kappa shape index (κ2) is 4.70. The van der Waals surface area contributed by atoms with Gasteiger partial charge < -0.3 is 0 Å². The van der Waals surface area contributed by atoms with E-state index in [-0.39, 0.29) is 0 Å². The first-order valence-corrected chi connectivity index (χ1v) is 6.90. The van der Waals surface area contributed by atoms with Crippen LogP contribution in [0.3, 0.4) is 0 Å². The number of nitrogens with zero attached hydrogens (tertiary/aromatic N) is 3. The Kier molecular flexibility index (Phi) is 3.44. The summed E-state index contributed by atoms with van der Waals surface area (Å²) in [7, 11) is 0. The quantitative estimate of drug-likeness (QED) is 0.866. The highest BCUT2D eigenvalue weighted by atomic mass is 32.1. The van der Waals surface area contributed by atoms with Crippen molar-refractivity contribution in [2.45, 2.75) is 40.2 Å². The lowest BCUT2D eigenvalue weighted by atomic mass is 10.3. The van der Waals surface area contributed by atoms with Gasteiger partial charge in [0.2, 0.25) is 0 Å². The molecule has 2 rings (SSSR count). The van der Waals surface area contributed by atoms with Crippen LogP contribution in [0.2, 0.25) is 0 Å². The first-order valence-electron chi connectivity index (χ1n) is 5.68. The first-order chi connectivity index (χ1) is 8.04. The van der Waals surface area contributed by atoms with Crippen LogP contribution < -0.4 is 0 Å². The van der Waals surface area contributed by atoms with Crippen LogP contribution in [0.4, 0.5) is 0 Å². The van der Waals surface area contributed by atoms with Crippen molar-refractivity contribution in [2.75, 3.05) is 0 Å². The van der Waals surface area contributed by atoms with Crippen molar-refractivity contribution in [3.05, 3.63) is 15.5 Å². The molecule has 0 unspecified atom stereocenters. The van der Waals surface area contributed by atoms with E-state index in [0.29, 0.717) is 10.8 Å². The third-order valence-electron chi connectivity index (χ3n) is 2.57. The monoisotopic (exact) mass is 268 g/mol. The number of aryl methyl sites for hydroxylation is 2. The van der Waals surface area contributed by atoms with Gasteiger partial charge in [-0.3, -0.25) is 9.67 Å². The minimum atomic E-state index is 0.294. The second-order valence-corrected chi connectivity index (χ2v) is 5.66. The first kappa shape index (κ1) is 12.4. The highest BCUT2D eigenvalue weighted by Crippen LogP contribution is 2.30. The summed E-state index contributed by atoms with van der Waals surface area (Å²) in [6.45, 7) is 8.34. The molecule has 92 valence electrons. The lowest BCUT2D eigenvalue weighted by Gasteiger charge is -2.08. The molecule has 0 bridgehead atoms. The van der Waals surface area contributed by atoms with E-state index < -0.39 is 0 Å². The van der Waals surface area contributed by atoms with Crippen LogP contribution in [0.1, 0.15) is 37.5 Å². The molecule has 0 atom stereocenters. The summed E-state index contributed by atoms with van der Waals surface area (Å²) in [6, 6.07) is 0.294. The van der Waals surface area contributed by atoms with Crippen molar-refractivity contribution in [3.8, 4) is 10.7 Å². The molecule has 17 heavy (non-hydrogen) atoms. The van der Waals surface area contributed by atoms with E-state index in [1.165, 1.54) is 0 Å². The van der Waals surface area contributed by atoms with Crippen molar-refractivity contribution in [2.24, 2.45) is 0 Å². The van der Waals surface area contributed by atoms with E-state index in [1.807, 2.05) is 11.5 Å². The van der Waals surface area contributed by atoms with Gasteiger partial charge >= 0.3 is 0 Å². The molecular weight excluding hydrogens is 252 g/mol. The lowest BCUT2D eigenvalue weighted by molar-refractivity contribution is 0.597. The molecule has 2 heterocycles. The van der Waals surface area contributed by atoms with Crippen molar-refractivity contribution in [1.82, 2.24) is 19.7 Å². The summed E-state index contributed by atoms with van der Waals surface area (Å²) < 4.78 is 2.70. The SMILES string of the molecule is CCc1nc(C)c(-c2n[nH]c(=S)n2C(C)C)s1. The maximum Gasteiger partial charge on any atom is 0.195 e. The van der Waals surface area contributed by atoms with Gasteiger partial charge in [0.1, 0.15) is 0 Å². The highest BCUT2D eigenvalue weighted by molar-refractivity contribution is 7.71. The highest BCUT2D eigenvalue weighted by Gasteiger charge is 2.17. The van der Waals surface area contributed by atoms with Crippen LogP contribution in [0.25, 0.3) is 10.7 Å². The van der Waals surface area contributed by atoms with E-state index in [2.05, 4.69) is 36.0 Å². The maximum atomic E-state index is 5.26. The average Bonchev–Trinajstić information content (AvgIpc) is 2.81. The molecule has 0 aliphatic heterocycles. The third kappa shape index (κ3) is 2.19. The van der Waals surface area contributed by atoms with Gasteiger partial charge in [0, 0.05) is 6.04 Å². The van der Waals surface area contributed by atoms with Crippen LogP contribution in [0, 0.1) is 11.7 Å². The number of aromatic nitrogens is 4. The minimum absolute atomic E-state index is 0.294. The van der Waals surface area contributed by atoms with Crippen molar-refractivity contribution in [1.29, 1.82) is 0 Å². The van der Waals surface area contributed by atoms with Gasteiger partial charge in [-0.1, -0.05) is 6.92 Å². The molecule has 4 nitrogen and oxygen atoms in total. The lowest BCUT2D eigenvalue weighted by Crippen LogP contribution is -2.03. The summed E-state index contributed by atoms with van der Waals surface area (Å²) in [4.78, 5) is 5.65. The zero-order valence-electron chi connectivity index (χ0n) is 10.4. The van der Waals surface area contributed by atoms with E-state index in [4.69, 9.17) is 12.2 Å². The third-order valence-corrected chi connectivity index (χ3v) is 4.15. The molecule has 0 saturated heterocycles. The molecule has 0 saturated carbocycles. The zero-order valence-corrected chi connectivity index (χ0v) is 12.1. The summed E-state index contributed by atoms with van der Waals surface area (Å²) in [5, 5.41) is 8.34. The predicted molar refractivity (Wildman–Crippen MR) is 73.0 cm³/mol. The number of aromatic amines is 1. The molecule has 0 aromatic carbocycles. The summed E-state index contributed by atoms with van der Waals surface area (Å²) in [5.74, 6) is 0.903. The number of nitrogens with one attached hydrogen (secondary N) is 1. The fourth-order valence-electron chi connectivity index (χ4n) is 1.75. The fourth-order valence-corrected chi connectivity index (χ4v) is 3.09. The predicted octanol–water partition coefficient (Wildman–Crippen LogP) is 3.52. The van der Waals surface area contributed by atoms with Gasteiger partial charge in [0.05, 0.1) is 15.6 Å². The number of H-pyrrole nitrogens is 1. The maximum absolute atomic E-state index is 5.26. The largest absolute Gasteiger partial charge is 0.297 e. The molecule has 0 fully saturated rings. The van der Waals surface area contributed by atoms with Crippen LogP contribution in [-0.4, -0.2) is 19.7 Å². The van der Waals surface area contributed by atoms with Crippen molar-refractivity contribution < 1.29 is 0 Å². The van der Waals surface area contributed by atoms with Crippen LogP contribution >= 0.6 is 23.6 Å². The summed E-state index contributed by atoms with van der Waals surface area (Å²) >= 11 is 6.95. The zero-order chi connectivity index (χ0) is 12.6. The molecule has 0 spiro atoms. The Morgan fingerprint density at radius 2 is 2.18 bits per heavy atom. The number of hydrogen-bond donors (Lipinski definition) is 1. The van der Waals surface area contributed by atoms with Crippen molar-refractivity contribution >= 4 is 23.6 Å². The topological polar surface area (TPSA) is 46.5 Å². The van der Waals surface area contributed by atoms with Crippen LogP contribution in [0.15, 0.2) is 0 Å². The molecular formula is C11H16N4S2. The van der Waals surface area contributed by atoms with E-state index in [0.717, 1.165) is 27.8 Å². The van der Waals surface area contributed by atoms with Gasteiger partial charge in [-0.2, -0.15) is 5.10 Å². The molecule has 1 N–H and O–H groups in total. The van der Waals surface area contributed by atoms with Crippen LogP contribution in [0.5, 0.6) is 0 Å². The average molecular weight is 268 g/mol. The van der Waals surface area contributed by atoms with Gasteiger partial charge in [0.15, 0.2) is 10.6 Å². The molecule has 0 aliphatic carbocycles. The Morgan fingerprint density at radius 3 is 2.71 bits per heavy atom. The smallest absolute Gasteiger partial charge is 0.195 e. The van der Waals surface area contributed by atoms with E-state index in [9.17, 15) is 0 Å². The number of thiazole rings is 1. The molecule has 6 heteroatoms. The second-order valence-electron chi connectivity index (χ2n) is 4.19. The molecule has 2 aromatic heterocycles. The molecule has 0 amide bonds. The van der Waals surface area contributed by atoms with Gasteiger partial charge in [-0.25, -0.2) is 4.98 Å². The van der Waals surface area contributed by atoms with Crippen LogP contribution in [-0.2, 0) is 6.42 Å². The Morgan fingerprint density at radius 1 is 1.47 bits per heavy atom. The Bertz CT molecular complexity index is 577. The van der Waals surface area contributed by atoms with E-state index >= 15 is 0 Å². The fraction of sp³-hybridized carbons (Fsp3) is 0.545. The van der Waals surface area contributed by atoms with E-state index in [1.54, 1.807) is 11.3 Å². The standard InChI is InChI=1S/C11H16N4S2/c1-5-8-12-7(4)9(17-8)10-13-14-11(16)15(10)6(2)3/h6H,5H2,1-4H3,(H,14,16). The molecule has 2 aromatic rings. The number of rotatable bonds is 3. The van der Waals surface area contributed by atoms with Gasteiger partial charge in [0.25, 0.3) is 0 Å². The summed E-state index contributed by atoms with van der Waals surface area (Å²) in [5.41, 5.74) is 1.03. The minimum Gasteiger partial charge on any atom is -0.297 e. The molecule has 0 radical (unpaired) electrons. The normalized spacial score (nSPS) is 11.4. The summed E-state index contributed by atoms with van der Waals surface area (Å²) in [6.07, 6.45) is 0.957.